The number of nitrogens with one attached hydrogen (secondary N) is 1. The first-order valence-electron chi connectivity index (χ1n) is 9.02. The van der Waals surface area contributed by atoms with Gasteiger partial charge in [-0.3, -0.25) is 4.98 Å². The molecule has 3 aromatic rings. The average Bonchev–Trinajstić information content (AvgIpc) is 2.69. The van der Waals surface area contributed by atoms with Crippen LogP contribution in [0, 0.1) is 13.8 Å². The van der Waals surface area contributed by atoms with E-state index in [9.17, 15) is 4.79 Å². The molecular weight excluding hydrogens is 342 g/mol. The Kier molecular flexibility index (Phi) is 5.88. The van der Waals surface area contributed by atoms with E-state index in [0.717, 1.165) is 22.2 Å². The van der Waals surface area contributed by atoms with Crippen LogP contribution in [0.2, 0.25) is 0 Å². The first-order chi connectivity index (χ1) is 13.0. The zero-order chi connectivity index (χ0) is 19.4. The van der Waals surface area contributed by atoms with Crippen molar-refractivity contribution in [1.29, 1.82) is 0 Å². The maximum atomic E-state index is 11.9. The van der Waals surface area contributed by atoms with Crippen molar-refractivity contribution in [1.82, 2.24) is 10.3 Å². The second kappa shape index (κ2) is 8.33. The van der Waals surface area contributed by atoms with Crippen LogP contribution in [0.25, 0.3) is 11.0 Å². The third-order valence-electron chi connectivity index (χ3n) is 4.68. The van der Waals surface area contributed by atoms with Gasteiger partial charge in [0.1, 0.15) is 17.9 Å². The van der Waals surface area contributed by atoms with Crippen LogP contribution in [-0.2, 0) is 13.1 Å². The SMILES string of the molecule is Cc1c(C)c2ccc(OCC(C)NCc3cc(CN)ccn3)cc2oc1=O. The number of hydrogen-bond donors (Lipinski definition) is 2. The monoisotopic (exact) mass is 367 g/mol. The lowest BCUT2D eigenvalue weighted by atomic mass is 10.1. The van der Waals surface area contributed by atoms with E-state index in [0.29, 0.717) is 36.6 Å². The van der Waals surface area contributed by atoms with Crippen LogP contribution in [0.1, 0.15) is 29.3 Å². The molecular formula is C21H25N3O3. The van der Waals surface area contributed by atoms with Gasteiger partial charge in [-0.05, 0) is 56.2 Å². The van der Waals surface area contributed by atoms with Crippen LogP contribution < -0.4 is 21.4 Å². The van der Waals surface area contributed by atoms with Crippen LogP contribution in [0.5, 0.6) is 5.75 Å². The van der Waals surface area contributed by atoms with Crippen molar-refractivity contribution in [2.75, 3.05) is 6.61 Å². The van der Waals surface area contributed by atoms with Crippen molar-refractivity contribution < 1.29 is 9.15 Å². The maximum absolute atomic E-state index is 11.9. The van der Waals surface area contributed by atoms with Gasteiger partial charge in [-0.25, -0.2) is 4.79 Å². The second-order valence-electron chi connectivity index (χ2n) is 6.75. The minimum Gasteiger partial charge on any atom is -0.492 e. The lowest BCUT2D eigenvalue weighted by molar-refractivity contribution is 0.272. The second-order valence-corrected chi connectivity index (χ2v) is 6.75. The number of aromatic nitrogens is 1. The Bertz CT molecular complexity index is 998. The summed E-state index contributed by atoms with van der Waals surface area (Å²) in [4.78, 5) is 16.2. The Balaban J connectivity index is 1.60. The van der Waals surface area contributed by atoms with Gasteiger partial charge in [0.15, 0.2) is 0 Å². The van der Waals surface area contributed by atoms with Crippen LogP contribution >= 0.6 is 0 Å². The third kappa shape index (κ3) is 4.53. The molecule has 0 amide bonds. The third-order valence-corrected chi connectivity index (χ3v) is 4.68. The Hall–Kier alpha value is -2.70. The van der Waals surface area contributed by atoms with Crippen molar-refractivity contribution in [2.24, 2.45) is 5.73 Å². The molecule has 0 saturated carbocycles. The molecule has 0 fully saturated rings. The van der Waals surface area contributed by atoms with E-state index in [2.05, 4.69) is 10.3 Å². The Morgan fingerprint density at radius 1 is 1.22 bits per heavy atom. The number of aryl methyl sites for hydroxylation is 1. The summed E-state index contributed by atoms with van der Waals surface area (Å²) in [5.74, 6) is 0.672. The van der Waals surface area contributed by atoms with Crippen molar-refractivity contribution in [3.8, 4) is 5.75 Å². The zero-order valence-corrected chi connectivity index (χ0v) is 15.9. The van der Waals surface area contributed by atoms with Gasteiger partial charge in [-0.2, -0.15) is 0 Å². The van der Waals surface area contributed by atoms with E-state index >= 15 is 0 Å². The molecule has 6 heteroatoms. The van der Waals surface area contributed by atoms with E-state index in [-0.39, 0.29) is 11.7 Å². The predicted molar refractivity (Wildman–Crippen MR) is 106 cm³/mol. The molecule has 0 radical (unpaired) electrons. The molecule has 1 unspecified atom stereocenters. The minimum absolute atomic E-state index is 0.121. The lowest BCUT2D eigenvalue weighted by Crippen LogP contribution is -2.31. The van der Waals surface area contributed by atoms with E-state index in [1.165, 1.54) is 0 Å². The first-order valence-corrected chi connectivity index (χ1v) is 9.02. The summed E-state index contributed by atoms with van der Waals surface area (Å²) in [5.41, 5.74) is 9.49. The molecule has 0 aliphatic carbocycles. The van der Waals surface area contributed by atoms with E-state index in [1.807, 2.05) is 38.1 Å². The Morgan fingerprint density at radius 3 is 2.81 bits per heavy atom. The average molecular weight is 367 g/mol. The summed E-state index contributed by atoms with van der Waals surface area (Å²) >= 11 is 0. The molecule has 1 aromatic carbocycles. The van der Waals surface area contributed by atoms with Crippen molar-refractivity contribution in [3.63, 3.8) is 0 Å². The van der Waals surface area contributed by atoms with Gasteiger partial charge in [0.25, 0.3) is 0 Å². The molecule has 3 N–H and O–H groups in total. The number of nitrogens with zero attached hydrogens (tertiary/aromatic N) is 1. The smallest absolute Gasteiger partial charge is 0.339 e. The summed E-state index contributed by atoms with van der Waals surface area (Å²) in [6, 6.07) is 9.62. The molecule has 2 heterocycles. The first kappa shape index (κ1) is 19.1. The van der Waals surface area contributed by atoms with E-state index < -0.39 is 0 Å². The highest BCUT2D eigenvalue weighted by molar-refractivity contribution is 5.82. The van der Waals surface area contributed by atoms with Gasteiger partial charge in [0.05, 0.1) is 5.69 Å². The predicted octanol–water partition coefficient (Wildman–Crippen LogP) is 2.82. The Morgan fingerprint density at radius 2 is 2.04 bits per heavy atom. The number of ether oxygens (including phenoxy) is 1. The lowest BCUT2D eigenvalue weighted by Gasteiger charge is -2.15. The highest BCUT2D eigenvalue weighted by Gasteiger charge is 2.09. The van der Waals surface area contributed by atoms with Gasteiger partial charge in [-0.15, -0.1) is 0 Å². The van der Waals surface area contributed by atoms with Gasteiger partial charge < -0.3 is 20.2 Å². The molecule has 3 rings (SSSR count). The molecule has 0 saturated heterocycles. The van der Waals surface area contributed by atoms with Gasteiger partial charge >= 0.3 is 5.63 Å². The zero-order valence-electron chi connectivity index (χ0n) is 15.9. The Labute approximate surface area is 158 Å². The molecule has 0 bridgehead atoms. The maximum Gasteiger partial charge on any atom is 0.339 e. The van der Waals surface area contributed by atoms with E-state index in [1.54, 1.807) is 19.2 Å². The number of hydrogen-bond acceptors (Lipinski definition) is 6. The van der Waals surface area contributed by atoms with E-state index in [4.69, 9.17) is 14.9 Å². The standard InChI is InChI=1S/C21H25N3O3/c1-13(24-11-17-8-16(10-22)6-7-23-17)12-26-18-4-5-19-14(2)15(3)21(25)27-20(19)9-18/h4-9,13,24H,10-12,22H2,1-3H3. The molecule has 27 heavy (non-hydrogen) atoms. The number of benzene rings is 1. The molecule has 1 atom stereocenters. The van der Waals surface area contributed by atoms with Gasteiger partial charge in [0.2, 0.25) is 0 Å². The summed E-state index contributed by atoms with van der Waals surface area (Å²) in [6.07, 6.45) is 1.77. The molecule has 0 aliphatic rings. The molecule has 0 aliphatic heterocycles. The highest BCUT2D eigenvalue weighted by Crippen LogP contribution is 2.23. The van der Waals surface area contributed by atoms with Crippen LogP contribution in [0.4, 0.5) is 0 Å². The largest absolute Gasteiger partial charge is 0.492 e. The minimum atomic E-state index is -0.306. The number of pyridine rings is 1. The number of fused-ring (bicyclic) bond motifs is 1. The molecule has 142 valence electrons. The fourth-order valence-corrected chi connectivity index (χ4v) is 2.83. The van der Waals surface area contributed by atoms with Crippen molar-refractivity contribution >= 4 is 11.0 Å². The molecule has 6 nitrogen and oxygen atoms in total. The van der Waals surface area contributed by atoms with Crippen LogP contribution in [-0.4, -0.2) is 17.6 Å². The number of nitrogens with two attached hydrogens (primary N) is 1. The number of rotatable bonds is 7. The van der Waals surface area contributed by atoms with Crippen LogP contribution in [0.15, 0.2) is 45.7 Å². The van der Waals surface area contributed by atoms with Gasteiger partial charge in [-0.1, -0.05) is 0 Å². The van der Waals surface area contributed by atoms with Crippen molar-refractivity contribution in [2.45, 2.75) is 39.9 Å². The summed E-state index contributed by atoms with van der Waals surface area (Å²) < 4.78 is 11.2. The molecule has 0 spiro atoms. The molecule has 2 aromatic heterocycles. The topological polar surface area (TPSA) is 90.4 Å². The fraction of sp³-hybridized carbons (Fsp3) is 0.333. The fourth-order valence-electron chi connectivity index (χ4n) is 2.83. The van der Waals surface area contributed by atoms with Crippen molar-refractivity contribution in [3.05, 3.63) is 69.3 Å². The van der Waals surface area contributed by atoms with Gasteiger partial charge in [0, 0.05) is 42.3 Å². The quantitative estimate of drug-likeness (QED) is 0.624. The normalized spacial score (nSPS) is 12.3. The summed E-state index contributed by atoms with van der Waals surface area (Å²) in [7, 11) is 0. The van der Waals surface area contributed by atoms with Crippen LogP contribution in [0.3, 0.4) is 0 Å². The summed E-state index contributed by atoms with van der Waals surface area (Å²) in [6.45, 7) is 7.37. The highest BCUT2D eigenvalue weighted by atomic mass is 16.5. The summed E-state index contributed by atoms with van der Waals surface area (Å²) in [5, 5.41) is 4.31.